The number of carbonyl (C=O) groups is 1. The molecule has 0 saturated carbocycles. The van der Waals surface area contributed by atoms with Crippen LogP contribution in [-0.4, -0.2) is 41.5 Å². The van der Waals surface area contributed by atoms with Crippen LogP contribution in [0.25, 0.3) is 0 Å². The van der Waals surface area contributed by atoms with Gasteiger partial charge < -0.3 is 14.6 Å². The third-order valence-electron chi connectivity index (χ3n) is 3.83. The Labute approximate surface area is 129 Å². The zero-order chi connectivity index (χ0) is 15.5. The summed E-state index contributed by atoms with van der Waals surface area (Å²) >= 11 is 0. The molecule has 0 radical (unpaired) electrons. The molecule has 1 amide bonds. The van der Waals surface area contributed by atoms with Crippen LogP contribution < -0.4 is 5.46 Å². The van der Waals surface area contributed by atoms with Crippen LogP contribution in [0.3, 0.4) is 0 Å². The molecule has 0 aliphatic carbocycles. The minimum atomic E-state index is -0.929. The molecule has 0 saturated heterocycles. The second kappa shape index (κ2) is 6.29. The van der Waals surface area contributed by atoms with E-state index in [9.17, 15) is 9.82 Å². The van der Waals surface area contributed by atoms with E-state index in [4.69, 9.17) is 4.65 Å². The van der Waals surface area contributed by atoms with Gasteiger partial charge in [-0.25, -0.2) is 0 Å². The quantitative estimate of drug-likeness (QED) is 0.840. The molecule has 5 nitrogen and oxygen atoms in total. The largest absolute Gasteiger partial charge is 0.491 e. The molecule has 22 heavy (non-hydrogen) atoms. The molecular weight excluding hydrogens is 279 g/mol. The second-order valence-corrected chi connectivity index (χ2v) is 5.37. The first-order chi connectivity index (χ1) is 10.6. The number of benzene rings is 1. The molecule has 3 rings (SSSR count). The number of likely N-dealkylation sites (N-methyl/N-ethyl adjacent to an activating group) is 1. The van der Waals surface area contributed by atoms with Crippen LogP contribution in [0.1, 0.15) is 21.6 Å². The van der Waals surface area contributed by atoms with Gasteiger partial charge in [0.2, 0.25) is 0 Å². The molecular formula is C16H17BN2O3. The van der Waals surface area contributed by atoms with E-state index in [0.717, 1.165) is 11.3 Å². The van der Waals surface area contributed by atoms with Crippen molar-refractivity contribution in [2.75, 3.05) is 13.6 Å². The number of pyridine rings is 1. The highest BCUT2D eigenvalue weighted by Crippen LogP contribution is 2.12. The summed E-state index contributed by atoms with van der Waals surface area (Å²) in [7, 11) is 0.840. The third kappa shape index (κ3) is 3.03. The minimum Gasteiger partial charge on any atom is -0.423 e. The summed E-state index contributed by atoms with van der Waals surface area (Å²) in [5.41, 5.74) is 3.14. The number of amides is 1. The summed E-state index contributed by atoms with van der Waals surface area (Å²) in [6.45, 7) is 0.979. The van der Waals surface area contributed by atoms with Crippen LogP contribution >= 0.6 is 0 Å². The third-order valence-corrected chi connectivity index (χ3v) is 3.83. The molecule has 0 unspecified atom stereocenters. The maximum absolute atomic E-state index is 12.5. The van der Waals surface area contributed by atoms with Crippen LogP contribution in [0.15, 0.2) is 42.6 Å². The smallest absolute Gasteiger partial charge is 0.423 e. The van der Waals surface area contributed by atoms with Gasteiger partial charge in [0.1, 0.15) is 0 Å². The van der Waals surface area contributed by atoms with Gasteiger partial charge in [-0.3, -0.25) is 9.78 Å². The van der Waals surface area contributed by atoms with Crippen molar-refractivity contribution >= 4 is 18.5 Å². The van der Waals surface area contributed by atoms with Crippen molar-refractivity contribution in [1.82, 2.24) is 9.88 Å². The molecule has 6 heteroatoms. The van der Waals surface area contributed by atoms with Crippen molar-refractivity contribution < 1.29 is 14.5 Å². The summed E-state index contributed by atoms with van der Waals surface area (Å²) in [6.07, 6.45) is 2.46. The Bertz CT molecular complexity index is 678. The SMILES string of the molecule is CN(CCc1ccccn1)C(=O)c1ccc2c(c1)B(O)OC2. The predicted molar refractivity (Wildman–Crippen MR) is 83.7 cm³/mol. The van der Waals surface area contributed by atoms with E-state index in [0.29, 0.717) is 30.6 Å². The van der Waals surface area contributed by atoms with E-state index >= 15 is 0 Å². The van der Waals surface area contributed by atoms with Gasteiger partial charge in [0, 0.05) is 37.5 Å². The Morgan fingerprint density at radius 1 is 1.41 bits per heavy atom. The monoisotopic (exact) mass is 296 g/mol. The van der Waals surface area contributed by atoms with Crippen LogP contribution in [0, 0.1) is 0 Å². The first kappa shape index (κ1) is 14.7. The van der Waals surface area contributed by atoms with Crippen molar-refractivity contribution in [2.45, 2.75) is 13.0 Å². The maximum Gasteiger partial charge on any atom is 0.491 e. The van der Waals surface area contributed by atoms with Crippen molar-refractivity contribution in [2.24, 2.45) is 0 Å². The molecule has 2 heterocycles. The Kier molecular flexibility index (Phi) is 4.22. The van der Waals surface area contributed by atoms with Crippen molar-refractivity contribution in [1.29, 1.82) is 0 Å². The van der Waals surface area contributed by atoms with Crippen LogP contribution in [-0.2, 0) is 17.7 Å². The molecule has 1 aromatic heterocycles. The van der Waals surface area contributed by atoms with Crippen LogP contribution in [0.5, 0.6) is 0 Å². The molecule has 1 aromatic carbocycles. The van der Waals surface area contributed by atoms with Crippen LogP contribution in [0.4, 0.5) is 0 Å². The number of rotatable bonds is 4. The highest BCUT2D eigenvalue weighted by Gasteiger charge is 2.28. The fourth-order valence-corrected chi connectivity index (χ4v) is 2.50. The molecule has 0 bridgehead atoms. The van der Waals surface area contributed by atoms with Gasteiger partial charge in [-0.1, -0.05) is 12.1 Å². The van der Waals surface area contributed by atoms with Gasteiger partial charge in [-0.2, -0.15) is 0 Å². The average Bonchev–Trinajstić information content (AvgIpc) is 2.93. The Morgan fingerprint density at radius 3 is 3.05 bits per heavy atom. The maximum atomic E-state index is 12.5. The molecule has 1 aliphatic heterocycles. The molecule has 0 atom stereocenters. The number of nitrogens with zero attached hydrogens (tertiary/aromatic N) is 2. The van der Waals surface area contributed by atoms with E-state index in [1.807, 2.05) is 24.3 Å². The summed E-state index contributed by atoms with van der Waals surface area (Å²) in [5.74, 6) is -0.0715. The first-order valence-electron chi connectivity index (χ1n) is 7.23. The number of aromatic nitrogens is 1. The highest BCUT2D eigenvalue weighted by molar-refractivity contribution is 6.61. The van der Waals surface area contributed by atoms with Gasteiger partial charge in [0.25, 0.3) is 5.91 Å². The lowest BCUT2D eigenvalue weighted by Gasteiger charge is -2.17. The number of carbonyl (C=O) groups excluding carboxylic acids is 1. The minimum absolute atomic E-state index is 0.0715. The zero-order valence-corrected chi connectivity index (χ0v) is 12.4. The Morgan fingerprint density at radius 2 is 2.27 bits per heavy atom. The summed E-state index contributed by atoms with van der Waals surface area (Å²) in [6, 6.07) is 11.1. The van der Waals surface area contributed by atoms with Crippen molar-refractivity contribution in [3.8, 4) is 0 Å². The van der Waals surface area contributed by atoms with Gasteiger partial charge >= 0.3 is 7.12 Å². The molecule has 1 N–H and O–H groups in total. The molecule has 0 fully saturated rings. The van der Waals surface area contributed by atoms with Crippen molar-refractivity contribution in [3.63, 3.8) is 0 Å². The molecule has 0 spiro atoms. The predicted octanol–water partition coefficient (Wildman–Crippen LogP) is 0.614. The standard InChI is InChI=1S/C16H17BN2O3/c1-19(9-7-14-4-2-3-8-18-14)16(20)12-5-6-13-11-22-17(21)15(13)10-12/h2-6,8,10,21H,7,9,11H2,1H3. The molecule has 112 valence electrons. The number of hydrogen-bond donors (Lipinski definition) is 1. The number of hydrogen-bond acceptors (Lipinski definition) is 4. The topological polar surface area (TPSA) is 62.7 Å². The van der Waals surface area contributed by atoms with E-state index in [2.05, 4.69) is 4.98 Å². The molecule has 2 aromatic rings. The summed E-state index contributed by atoms with van der Waals surface area (Å²) in [5, 5.41) is 9.72. The van der Waals surface area contributed by atoms with E-state index in [1.54, 1.807) is 30.3 Å². The Hall–Kier alpha value is -2.18. The van der Waals surface area contributed by atoms with Gasteiger partial charge in [-0.05, 0) is 35.3 Å². The summed E-state index contributed by atoms with van der Waals surface area (Å²) < 4.78 is 5.15. The van der Waals surface area contributed by atoms with Gasteiger partial charge in [0.15, 0.2) is 0 Å². The van der Waals surface area contributed by atoms with Gasteiger partial charge in [-0.15, -0.1) is 0 Å². The first-order valence-corrected chi connectivity index (χ1v) is 7.23. The zero-order valence-electron chi connectivity index (χ0n) is 12.4. The lowest BCUT2D eigenvalue weighted by molar-refractivity contribution is 0.0796. The van der Waals surface area contributed by atoms with Crippen LogP contribution in [0.2, 0.25) is 0 Å². The van der Waals surface area contributed by atoms with E-state index < -0.39 is 7.12 Å². The average molecular weight is 296 g/mol. The Balaban J connectivity index is 1.67. The van der Waals surface area contributed by atoms with E-state index in [1.165, 1.54) is 0 Å². The summed E-state index contributed by atoms with van der Waals surface area (Å²) in [4.78, 5) is 18.4. The fraction of sp³-hybridized carbons (Fsp3) is 0.250. The molecule has 1 aliphatic rings. The van der Waals surface area contributed by atoms with E-state index in [-0.39, 0.29) is 5.91 Å². The lowest BCUT2D eigenvalue weighted by Crippen LogP contribution is -2.32. The van der Waals surface area contributed by atoms with Gasteiger partial charge in [0.05, 0.1) is 6.61 Å². The second-order valence-electron chi connectivity index (χ2n) is 5.37. The normalized spacial score (nSPS) is 13.1. The lowest BCUT2D eigenvalue weighted by atomic mass is 9.78. The van der Waals surface area contributed by atoms with Crippen molar-refractivity contribution in [3.05, 3.63) is 59.4 Å². The fourth-order valence-electron chi connectivity index (χ4n) is 2.50. The highest BCUT2D eigenvalue weighted by atomic mass is 16.5. The number of fused-ring (bicyclic) bond motifs is 1.